The summed E-state index contributed by atoms with van der Waals surface area (Å²) in [6.45, 7) is 7.72. The van der Waals surface area contributed by atoms with Crippen LogP contribution < -0.4 is 15.0 Å². The molecule has 1 amide bonds. The predicted molar refractivity (Wildman–Crippen MR) is 128 cm³/mol. The summed E-state index contributed by atoms with van der Waals surface area (Å²) in [4.78, 5) is 27.9. The van der Waals surface area contributed by atoms with Crippen LogP contribution in [0.2, 0.25) is 0 Å². The number of morpholine rings is 1. The van der Waals surface area contributed by atoms with Gasteiger partial charge in [0, 0.05) is 38.2 Å². The molecule has 176 valence electrons. The second kappa shape index (κ2) is 10.6. The minimum Gasteiger partial charge on any atom is -0.494 e. The minimum absolute atomic E-state index is 0.0619. The summed E-state index contributed by atoms with van der Waals surface area (Å²) in [7, 11) is 1.66. The van der Waals surface area contributed by atoms with Crippen LogP contribution >= 0.6 is 0 Å². The third kappa shape index (κ3) is 5.42. The number of ether oxygens (including phenoxy) is 2. The molecule has 1 N–H and O–H groups in total. The molecule has 1 aliphatic heterocycles. The van der Waals surface area contributed by atoms with Gasteiger partial charge in [0.15, 0.2) is 5.65 Å². The number of rotatable bonds is 9. The normalized spacial score (nSPS) is 14.1. The van der Waals surface area contributed by atoms with E-state index in [0.717, 1.165) is 54.1 Å². The van der Waals surface area contributed by atoms with Crippen molar-refractivity contribution in [2.24, 2.45) is 0 Å². The van der Waals surface area contributed by atoms with Crippen molar-refractivity contribution in [3.05, 3.63) is 30.6 Å². The Balaban J connectivity index is 1.54. The van der Waals surface area contributed by atoms with Gasteiger partial charge in [-0.3, -0.25) is 4.79 Å². The van der Waals surface area contributed by atoms with Crippen LogP contribution in [0.5, 0.6) is 5.75 Å². The smallest absolute Gasteiger partial charge is 0.228 e. The lowest BCUT2D eigenvalue weighted by atomic mass is 10.1. The summed E-state index contributed by atoms with van der Waals surface area (Å²) >= 11 is 0. The molecular weight excluding hydrogens is 420 g/mol. The quantitative estimate of drug-likeness (QED) is 0.498. The van der Waals surface area contributed by atoms with Crippen molar-refractivity contribution in [2.45, 2.75) is 39.2 Å². The van der Waals surface area contributed by atoms with Gasteiger partial charge >= 0.3 is 0 Å². The Hall–Kier alpha value is -3.20. The van der Waals surface area contributed by atoms with Crippen LogP contribution in [0, 0.1) is 0 Å². The first kappa shape index (κ1) is 23.0. The first-order valence-corrected chi connectivity index (χ1v) is 11.6. The first-order chi connectivity index (χ1) is 16.1. The molecule has 1 aliphatic rings. The van der Waals surface area contributed by atoms with Gasteiger partial charge in [0.05, 0.1) is 26.1 Å². The monoisotopic (exact) mass is 452 g/mol. The Kier molecular flexibility index (Phi) is 7.39. The van der Waals surface area contributed by atoms with E-state index in [4.69, 9.17) is 19.4 Å². The molecule has 9 nitrogen and oxygen atoms in total. The number of nitrogens with one attached hydrogen (secondary N) is 1. The minimum atomic E-state index is 0.0619. The lowest BCUT2D eigenvalue weighted by Gasteiger charge is -2.27. The Morgan fingerprint density at radius 3 is 2.61 bits per heavy atom. The van der Waals surface area contributed by atoms with Crippen molar-refractivity contribution >= 4 is 23.0 Å². The lowest BCUT2D eigenvalue weighted by molar-refractivity contribution is -0.120. The molecule has 0 radical (unpaired) electrons. The fourth-order valence-electron chi connectivity index (χ4n) is 3.80. The number of hydrogen-bond acceptors (Lipinski definition) is 7. The number of amides is 1. The van der Waals surface area contributed by atoms with Crippen molar-refractivity contribution < 1.29 is 14.3 Å². The summed E-state index contributed by atoms with van der Waals surface area (Å²) in [6.07, 6.45) is 4.00. The van der Waals surface area contributed by atoms with E-state index in [1.807, 2.05) is 30.6 Å². The molecule has 4 rings (SSSR count). The van der Waals surface area contributed by atoms with Crippen molar-refractivity contribution in [3.8, 4) is 17.0 Å². The Morgan fingerprint density at radius 2 is 1.91 bits per heavy atom. The van der Waals surface area contributed by atoms with Crippen LogP contribution in [0.1, 0.15) is 39.2 Å². The van der Waals surface area contributed by atoms with Crippen molar-refractivity contribution in [1.82, 2.24) is 24.8 Å². The highest BCUT2D eigenvalue weighted by atomic mass is 16.5. The Labute approximate surface area is 194 Å². The molecule has 1 aromatic carbocycles. The Bertz CT molecular complexity index is 1070. The van der Waals surface area contributed by atoms with Gasteiger partial charge in [-0.1, -0.05) is 0 Å². The van der Waals surface area contributed by atoms with Gasteiger partial charge in [-0.15, -0.1) is 0 Å². The zero-order valence-electron chi connectivity index (χ0n) is 19.6. The van der Waals surface area contributed by atoms with Crippen LogP contribution in [0.4, 0.5) is 5.95 Å². The molecule has 3 aromatic rings. The average Bonchev–Trinajstić information content (AvgIpc) is 3.28. The maximum absolute atomic E-state index is 11.3. The molecule has 33 heavy (non-hydrogen) atoms. The number of imidazole rings is 1. The number of nitrogens with zero attached hydrogens (tertiary/aromatic N) is 5. The van der Waals surface area contributed by atoms with Gasteiger partial charge in [-0.25, -0.2) is 9.97 Å². The second-order valence-electron chi connectivity index (χ2n) is 8.39. The molecule has 0 bridgehead atoms. The molecule has 0 unspecified atom stereocenters. The number of unbranched alkanes of at least 4 members (excludes halogenated alkanes) is 1. The van der Waals surface area contributed by atoms with E-state index in [2.05, 4.69) is 33.6 Å². The predicted octanol–water partition coefficient (Wildman–Crippen LogP) is 3.21. The third-order valence-corrected chi connectivity index (χ3v) is 5.73. The van der Waals surface area contributed by atoms with E-state index in [-0.39, 0.29) is 11.9 Å². The summed E-state index contributed by atoms with van der Waals surface area (Å²) in [5.74, 6) is 1.57. The highest BCUT2D eigenvalue weighted by Gasteiger charge is 2.20. The third-order valence-electron chi connectivity index (χ3n) is 5.73. The topological polar surface area (TPSA) is 94.4 Å². The fraction of sp³-hybridized carbons (Fsp3) is 0.500. The number of carbonyl (C=O) groups is 1. The van der Waals surface area contributed by atoms with E-state index in [1.54, 1.807) is 7.05 Å². The SMILES string of the molecule is CNC(=O)CCCCOc1ccc(-c2nc(N3CCOCC3)nc3c2ncn3C(C)C)cc1. The molecule has 0 spiro atoms. The average molecular weight is 453 g/mol. The number of anilines is 1. The highest BCUT2D eigenvalue weighted by Crippen LogP contribution is 2.30. The maximum atomic E-state index is 11.3. The fourth-order valence-corrected chi connectivity index (χ4v) is 3.80. The molecule has 0 atom stereocenters. The Morgan fingerprint density at radius 1 is 1.15 bits per heavy atom. The van der Waals surface area contributed by atoms with Gasteiger partial charge < -0.3 is 24.3 Å². The molecule has 9 heteroatoms. The van der Waals surface area contributed by atoms with Crippen LogP contribution in [0.15, 0.2) is 30.6 Å². The van der Waals surface area contributed by atoms with Crippen LogP contribution in [0.3, 0.4) is 0 Å². The number of fused-ring (bicyclic) bond motifs is 1. The number of aromatic nitrogens is 4. The molecule has 2 aromatic heterocycles. The van der Waals surface area contributed by atoms with Crippen molar-refractivity contribution in [1.29, 1.82) is 0 Å². The van der Waals surface area contributed by atoms with E-state index in [1.165, 1.54) is 0 Å². The number of hydrogen-bond donors (Lipinski definition) is 1. The molecule has 3 heterocycles. The summed E-state index contributed by atoms with van der Waals surface area (Å²) in [5.41, 5.74) is 3.42. The first-order valence-electron chi connectivity index (χ1n) is 11.6. The molecule has 1 saturated heterocycles. The van der Waals surface area contributed by atoms with Gasteiger partial charge in [0.25, 0.3) is 0 Å². The van der Waals surface area contributed by atoms with Crippen molar-refractivity contribution in [3.63, 3.8) is 0 Å². The van der Waals surface area contributed by atoms with Gasteiger partial charge in [-0.2, -0.15) is 4.98 Å². The second-order valence-corrected chi connectivity index (χ2v) is 8.39. The number of carbonyl (C=O) groups excluding carboxylic acids is 1. The van der Waals surface area contributed by atoms with Gasteiger partial charge in [0.1, 0.15) is 17.0 Å². The number of benzene rings is 1. The van der Waals surface area contributed by atoms with Crippen LogP contribution in [-0.4, -0.2) is 65.4 Å². The lowest BCUT2D eigenvalue weighted by Crippen LogP contribution is -2.37. The van der Waals surface area contributed by atoms with E-state index in [0.29, 0.717) is 32.2 Å². The van der Waals surface area contributed by atoms with Crippen LogP contribution in [-0.2, 0) is 9.53 Å². The zero-order valence-corrected chi connectivity index (χ0v) is 19.6. The van der Waals surface area contributed by atoms with E-state index in [9.17, 15) is 4.79 Å². The highest BCUT2D eigenvalue weighted by molar-refractivity contribution is 5.88. The maximum Gasteiger partial charge on any atom is 0.228 e. The van der Waals surface area contributed by atoms with Gasteiger partial charge in [-0.05, 0) is 51.0 Å². The molecule has 0 aliphatic carbocycles. The molecular formula is C24H32N6O3. The van der Waals surface area contributed by atoms with E-state index >= 15 is 0 Å². The zero-order chi connectivity index (χ0) is 23.2. The van der Waals surface area contributed by atoms with Gasteiger partial charge in [0.2, 0.25) is 11.9 Å². The standard InChI is InChI=1S/C24H32N6O3/c1-17(2)30-16-26-22-21(27-24(28-23(22)30)29-11-14-32-15-12-29)18-7-9-19(10-8-18)33-13-5-4-6-20(31)25-3/h7-10,16-17H,4-6,11-15H2,1-3H3,(H,25,31). The molecule has 0 saturated carbocycles. The van der Waals surface area contributed by atoms with E-state index < -0.39 is 0 Å². The largest absolute Gasteiger partial charge is 0.494 e. The van der Waals surface area contributed by atoms with Crippen LogP contribution in [0.25, 0.3) is 22.4 Å². The van der Waals surface area contributed by atoms with Crippen molar-refractivity contribution in [2.75, 3.05) is 44.9 Å². The summed E-state index contributed by atoms with van der Waals surface area (Å²) in [6, 6.07) is 8.18. The molecule has 1 fully saturated rings. The summed E-state index contributed by atoms with van der Waals surface area (Å²) < 4.78 is 13.4. The summed E-state index contributed by atoms with van der Waals surface area (Å²) in [5, 5.41) is 2.63.